The molecule has 1 aromatic carbocycles. The van der Waals surface area contributed by atoms with Crippen molar-refractivity contribution in [2.24, 2.45) is 5.92 Å². The highest BCUT2D eigenvalue weighted by molar-refractivity contribution is 6.35. The Kier molecular flexibility index (Phi) is 9.97. The molecule has 0 aliphatic heterocycles. The number of carbonyl (C=O) groups is 1. The van der Waals surface area contributed by atoms with E-state index in [2.05, 4.69) is 0 Å². The van der Waals surface area contributed by atoms with E-state index in [1.165, 1.54) is 0 Å². The van der Waals surface area contributed by atoms with Crippen LogP contribution in [0.25, 0.3) is 6.08 Å². The summed E-state index contributed by atoms with van der Waals surface area (Å²) in [7, 11) is 7.87. The van der Waals surface area contributed by atoms with Crippen LogP contribution in [-0.4, -0.2) is 56.9 Å². The monoisotopic (exact) mass is 364 g/mol. The number of allylic oxidation sites excluding steroid dienone is 1. The van der Waals surface area contributed by atoms with Gasteiger partial charge >= 0.3 is 0 Å². The van der Waals surface area contributed by atoms with Crippen molar-refractivity contribution in [3.05, 3.63) is 39.9 Å². The lowest BCUT2D eigenvalue weighted by molar-refractivity contribution is -0.119. The number of halogens is 3. The molecule has 22 heavy (non-hydrogen) atoms. The highest BCUT2D eigenvalue weighted by Gasteiger charge is 2.17. The molecule has 3 nitrogen and oxygen atoms in total. The van der Waals surface area contributed by atoms with E-state index in [9.17, 15) is 4.79 Å². The van der Waals surface area contributed by atoms with E-state index in [1.54, 1.807) is 30.4 Å². The first-order chi connectivity index (χ1) is 9.79. The van der Waals surface area contributed by atoms with Gasteiger partial charge in [0, 0.05) is 29.1 Å². The van der Waals surface area contributed by atoms with E-state index in [1.807, 2.05) is 38.0 Å². The van der Waals surface area contributed by atoms with Crippen LogP contribution in [0.2, 0.25) is 10.0 Å². The van der Waals surface area contributed by atoms with Gasteiger partial charge in [-0.1, -0.05) is 29.3 Å². The summed E-state index contributed by atoms with van der Waals surface area (Å²) in [5.74, 6) is 0.0424. The lowest BCUT2D eigenvalue weighted by atomic mass is 10.0. The maximum absolute atomic E-state index is 12.4. The van der Waals surface area contributed by atoms with Crippen LogP contribution in [0.5, 0.6) is 0 Å². The maximum Gasteiger partial charge on any atom is 0.161 e. The molecule has 0 saturated heterocycles. The van der Waals surface area contributed by atoms with Gasteiger partial charge in [0.1, 0.15) is 0 Å². The molecular weight excluding hydrogens is 343 g/mol. The molecule has 0 bridgehead atoms. The summed E-state index contributed by atoms with van der Waals surface area (Å²) < 4.78 is 0. The molecular formula is C16H23Cl3N2O. The Morgan fingerprint density at radius 3 is 2.14 bits per heavy atom. The van der Waals surface area contributed by atoms with E-state index in [4.69, 9.17) is 23.2 Å². The SMILES string of the molecule is CN(C)CC(CN(C)C)C(=O)/C=C/c1ccc(Cl)cc1Cl.Cl. The van der Waals surface area contributed by atoms with Crippen LogP contribution in [0.1, 0.15) is 5.56 Å². The number of benzene rings is 1. The molecule has 0 aromatic heterocycles. The molecule has 1 rings (SSSR count). The first-order valence-electron chi connectivity index (χ1n) is 6.76. The van der Waals surface area contributed by atoms with Gasteiger partial charge in [-0.2, -0.15) is 0 Å². The quantitative estimate of drug-likeness (QED) is 0.688. The van der Waals surface area contributed by atoms with Crippen molar-refractivity contribution >= 4 is 47.5 Å². The topological polar surface area (TPSA) is 23.6 Å². The molecule has 0 N–H and O–H groups in total. The molecule has 0 aliphatic carbocycles. The summed E-state index contributed by atoms with van der Waals surface area (Å²) in [6, 6.07) is 5.24. The van der Waals surface area contributed by atoms with Crippen LogP contribution < -0.4 is 0 Å². The zero-order chi connectivity index (χ0) is 16.0. The van der Waals surface area contributed by atoms with Gasteiger partial charge in [-0.05, 0) is 58.0 Å². The van der Waals surface area contributed by atoms with Crippen LogP contribution in [0.3, 0.4) is 0 Å². The third kappa shape index (κ3) is 7.61. The van der Waals surface area contributed by atoms with E-state index < -0.39 is 0 Å². The van der Waals surface area contributed by atoms with Crippen molar-refractivity contribution in [2.45, 2.75) is 0 Å². The van der Waals surface area contributed by atoms with Crippen molar-refractivity contribution in [1.82, 2.24) is 9.80 Å². The van der Waals surface area contributed by atoms with E-state index in [-0.39, 0.29) is 24.1 Å². The Balaban J connectivity index is 0.00000441. The molecule has 0 saturated carbocycles. The molecule has 0 radical (unpaired) electrons. The van der Waals surface area contributed by atoms with Crippen LogP contribution in [-0.2, 0) is 4.79 Å². The Hall–Kier alpha value is -0.580. The predicted octanol–water partition coefficient (Wildman–Crippen LogP) is 3.74. The number of hydrogen-bond acceptors (Lipinski definition) is 3. The second-order valence-corrected chi connectivity index (χ2v) is 6.47. The molecule has 124 valence electrons. The molecule has 0 aliphatic rings. The van der Waals surface area contributed by atoms with Gasteiger partial charge in [-0.15, -0.1) is 12.4 Å². The Morgan fingerprint density at radius 2 is 1.68 bits per heavy atom. The lowest BCUT2D eigenvalue weighted by Crippen LogP contribution is -2.34. The predicted molar refractivity (Wildman–Crippen MR) is 98.3 cm³/mol. The third-order valence-electron chi connectivity index (χ3n) is 2.96. The second kappa shape index (κ2) is 10.2. The summed E-state index contributed by atoms with van der Waals surface area (Å²) in [6.45, 7) is 1.44. The number of ketones is 1. The molecule has 1 aromatic rings. The smallest absolute Gasteiger partial charge is 0.161 e. The minimum Gasteiger partial charge on any atom is -0.309 e. The molecule has 0 atom stereocenters. The zero-order valence-corrected chi connectivity index (χ0v) is 15.7. The molecule has 0 amide bonds. The van der Waals surface area contributed by atoms with Gasteiger partial charge in [-0.3, -0.25) is 4.79 Å². The summed E-state index contributed by atoms with van der Waals surface area (Å²) in [5, 5.41) is 1.13. The standard InChI is InChI=1S/C16H22Cl2N2O.ClH/c1-19(2)10-13(11-20(3)4)16(21)8-6-12-5-7-14(17)9-15(12)18;/h5-9,13H,10-11H2,1-4H3;1H/b8-6+;. The van der Waals surface area contributed by atoms with Gasteiger partial charge < -0.3 is 9.80 Å². The highest BCUT2D eigenvalue weighted by atomic mass is 35.5. The van der Waals surface area contributed by atoms with Gasteiger partial charge in [-0.25, -0.2) is 0 Å². The molecule has 0 fully saturated rings. The van der Waals surface area contributed by atoms with Crippen LogP contribution in [0, 0.1) is 5.92 Å². The van der Waals surface area contributed by atoms with Gasteiger partial charge in [0.15, 0.2) is 5.78 Å². The summed E-state index contributed by atoms with van der Waals surface area (Å²) in [5.41, 5.74) is 0.794. The minimum absolute atomic E-state index is 0. The number of hydrogen-bond donors (Lipinski definition) is 0. The fourth-order valence-electron chi connectivity index (χ4n) is 2.06. The van der Waals surface area contributed by atoms with Crippen molar-refractivity contribution in [3.63, 3.8) is 0 Å². The normalized spacial score (nSPS) is 11.5. The fourth-order valence-corrected chi connectivity index (χ4v) is 2.54. The average molecular weight is 366 g/mol. The summed E-state index contributed by atoms with van der Waals surface area (Å²) in [4.78, 5) is 16.4. The number of rotatable bonds is 7. The van der Waals surface area contributed by atoms with Crippen LogP contribution >= 0.6 is 35.6 Å². The third-order valence-corrected chi connectivity index (χ3v) is 3.53. The zero-order valence-electron chi connectivity index (χ0n) is 13.3. The van der Waals surface area contributed by atoms with Gasteiger partial charge in [0.25, 0.3) is 0 Å². The van der Waals surface area contributed by atoms with E-state index >= 15 is 0 Å². The summed E-state index contributed by atoms with van der Waals surface area (Å²) in [6.07, 6.45) is 3.35. The Morgan fingerprint density at radius 1 is 1.14 bits per heavy atom. The van der Waals surface area contributed by atoms with Crippen molar-refractivity contribution in [3.8, 4) is 0 Å². The Bertz CT molecular complexity index is 506. The molecule has 0 unspecified atom stereocenters. The fraction of sp³-hybridized carbons (Fsp3) is 0.438. The largest absolute Gasteiger partial charge is 0.309 e. The first-order valence-corrected chi connectivity index (χ1v) is 7.51. The highest BCUT2D eigenvalue weighted by Crippen LogP contribution is 2.22. The van der Waals surface area contributed by atoms with Gasteiger partial charge in [0.2, 0.25) is 0 Å². The number of nitrogens with zero attached hydrogens (tertiary/aromatic N) is 2. The summed E-state index contributed by atoms with van der Waals surface area (Å²) >= 11 is 12.0. The molecule has 6 heteroatoms. The average Bonchev–Trinajstić information content (AvgIpc) is 2.35. The van der Waals surface area contributed by atoms with Crippen molar-refractivity contribution < 1.29 is 4.79 Å². The van der Waals surface area contributed by atoms with Crippen LogP contribution in [0.4, 0.5) is 0 Å². The maximum atomic E-state index is 12.4. The first kappa shape index (κ1) is 21.4. The lowest BCUT2D eigenvalue weighted by Gasteiger charge is -2.22. The van der Waals surface area contributed by atoms with Gasteiger partial charge in [0.05, 0.1) is 0 Å². The Labute approximate surface area is 149 Å². The van der Waals surface area contributed by atoms with Crippen molar-refractivity contribution in [2.75, 3.05) is 41.3 Å². The minimum atomic E-state index is -0.0580. The second-order valence-electron chi connectivity index (χ2n) is 5.62. The number of carbonyl (C=O) groups excluding carboxylic acids is 1. The van der Waals surface area contributed by atoms with Crippen LogP contribution in [0.15, 0.2) is 24.3 Å². The molecule has 0 heterocycles. The van der Waals surface area contributed by atoms with E-state index in [0.29, 0.717) is 10.0 Å². The molecule has 0 spiro atoms. The van der Waals surface area contributed by atoms with E-state index in [0.717, 1.165) is 18.7 Å². The van der Waals surface area contributed by atoms with Crippen molar-refractivity contribution in [1.29, 1.82) is 0 Å².